The molecule has 24 rings (SSSR count). The van der Waals surface area contributed by atoms with Gasteiger partial charge in [0.15, 0.2) is 0 Å². The highest BCUT2D eigenvalue weighted by atomic mass is 16.5. The molecule has 2 N–H and O–H groups in total. The van der Waals surface area contributed by atoms with E-state index in [1.807, 2.05) is 0 Å². The molecule has 0 atom stereocenters. The summed E-state index contributed by atoms with van der Waals surface area (Å²) in [5.41, 5.74) is 26.1. The third-order valence-corrected chi connectivity index (χ3v) is 28.6. The van der Waals surface area contributed by atoms with Crippen LogP contribution in [0.3, 0.4) is 0 Å². The fourth-order valence-corrected chi connectivity index (χ4v) is 23.6. The molecule has 2 fully saturated rings. The highest BCUT2D eigenvalue weighted by molar-refractivity contribution is 6.48. The zero-order chi connectivity index (χ0) is 89.1. The molecule has 0 unspecified atom stereocenters. The average molecular weight is 1690 g/mol. The molecule has 2 aliphatic rings. The second-order valence-electron chi connectivity index (χ2n) is 38.2. The Morgan fingerprint density at radius 2 is 0.554 bits per heavy atom. The van der Waals surface area contributed by atoms with Crippen LogP contribution in [0.1, 0.15) is 86.8 Å². The minimum absolute atomic E-state index is 0.312. The van der Waals surface area contributed by atoms with Gasteiger partial charge in [0.2, 0.25) is 0 Å². The van der Waals surface area contributed by atoms with Crippen molar-refractivity contribution in [1.82, 2.24) is 0 Å². The highest BCUT2D eigenvalue weighted by Gasteiger charge is 2.32. The molecule has 22 aromatic carbocycles. The predicted octanol–water partition coefficient (Wildman–Crippen LogP) is 32.2. The van der Waals surface area contributed by atoms with Gasteiger partial charge in [0, 0.05) is 165 Å². The first-order valence-corrected chi connectivity index (χ1v) is 46.8. The molecule has 0 spiro atoms. The van der Waals surface area contributed by atoms with Crippen molar-refractivity contribution in [3.63, 3.8) is 0 Å². The number of nitrogens with zero attached hydrogens (tertiary/aromatic N) is 4. The van der Waals surface area contributed by atoms with Gasteiger partial charge in [-0.1, -0.05) is 193 Å². The predicted molar refractivity (Wildman–Crippen MR) is 568 cm³/mol. The fourth-order valence-electron chi connectivity index (χ4n) is 23.6. The van der Waals surface area contributed by atoms with Crippen molar-refractivity contribution in [2.75, 3.05) is 98.8 Å². The molecule has 0 radical (unpaired) electrons. The molecular weight excluding hydrogens is 1580 g/mol. The quantitative estimate of drug-likeness (QED) is 0.0825. The number of hydrogen-bond donors (Lipinski definition) is 2. The summed E-state index contributed by atoms with van der Waals surface area (Å²) in [6.45, 7) is 26.8. The molecule has 642 valence electrons. The maximum absolute atomic E-state index is 5.66. The largest absolute Gasteiger partial charge is 0.497 e. The van der Waals surface area contributed by atoms with E-state index in [4.69, 9.17) is 9.47 Å². The summed E-state index contributed by atoms with van der Waals surface area (Å²) < 4.78 is 11.3. The standard InChI is InChI=1S/C50H48N2.C40H32N2.C32H32N2O2/c1-29-23-31(3)45(32(4)24-29)35-11-13-37-41(27-35)39-15-17-44(52-21-9-10-22-52)48-38-14-12-36(46-33(5)25-30(2)26-34(46)6)28-42(38)40-16-18-43(51-19-7-8-20-51)47(37)50(40)49(39)48;1-41(2)33-23-31(25-15-7-5-8-16-25)35-28-20-12-14-22-30(28)38-34(42(3)4)24-32(26-17-9-6-10-18-26)36-27-19-11-13-21-29(27)37(33)39(35)40(36)38;1-17(2)33-27-13-11-23-26-16-20(36-6)8-10-22(26)30-28(34-18(3)4)14-12-24-25-15-19(35-5)7-9-21(25)29(27)31(23)32(24)30/h11-18,23-28H,7-10,19-22H2,1-6H3;5-24H,1-4H3;7-18,33-34H,1-6H3. The van der Waals surface area contributed by atoms with Crippen molar-refractivity contribution < 1.29 is 9.47 Å². The maximum Gasteiger partial charge on any atom is 0.119 e. The lowest BCUT2D eigenvalue weighted by Gasteiger charge is -2.28. The number of fused-ring (bicyclic) bond motifs is 18. The smallest absolute Gasteiger partial charge is 0.119 e. The Bertz CT molecular complexity index is 7810. The van der Waals surface area contributed by atoms with Crippen LogP contribution in [0, 0.1) is 41.5 Å². The van der Waals surface area contributed by atoms with Gasteiger partial charge < -0.3 is 39.7 Å². The molecule has 8 nitrogen and oxygen atoms in total. The van der Waals surface area contributed by atoms with Gasteiger partial charge in [-0.05, 0) is 344 Å². The number of methoxy groups -OCH3 is 2. The van der Waals surface area contributed by atoms with Gasteiger partial charge in [0.1, 0.15) is 11.5 Å². The first kappa shape index (κ1) is 81.7. The summed E-state index contributed by atoms with van der Waals surface area (Å²) in [7, 11) is 12.2. The number of benzene rings is 22. The second-order valence-corrected chi connectivity index (χ2v) is 38.2. The number of aryl methyl sites for hydroxylation is 6. The van der Waals surface area contributed by atoms with Crippen LogP contribution in [-0.4, -0.2) is 80.7 Å². The molecule has 0 bridgehead atoms. The minimum Gasteiger partial charge on any atom is -0.497 e. The first-order chi connectivity index (χ1) is 63.2. The lowest BCUT2D eigenvalue weighted by molar-refractivity contribution is 0.415. The van der Waals surface area contributed by atoms with Gasteiger partial charge in [-0.3, -0.25) is 0 Å². The van der Waals surface area contributed by atoms with Gasteiger partial charge in [0.25, 0.3) is 0 Å². The molecule has 2 aliphatic heterocycles. The van der Waals surface area contributed by atoms with Gasteiger partial charge in [-0.25, -0.2) is 0 Å². The summed E-state index contributed by atoms with van der Waals surface area (Å²) in [6, 6.07) is 101. The molecule has 2 heterocycles. The lowest BCUT2D eigenvalue weighted by atomic mass is 9.80. The van der Waals surface area contributed by atoms with Crippen molar-refractivity contribution in [3.8, 4) is 56.0 Å². The fraction of sp³-hybridized carbons (Fsp3) is 0.213. The SMILES string of the molecule is CN(C)c1cc(-c2ccccc2)c2c3ccccc3c3c(N(C)C)cc(-c4ccccc4)c4c5ccccc5c1c2c43.COc1ccc2c(c1)c1ccc(NC(C)C)c3c4ccc(OC)cc4c4ccc(NC(C)C)c2c4c13.Cc1cc(C)c(-c2ccc3c(c2)c2ccc(N4CCCC4)c4c5ccc(-c6c(C)cc(C)cc6C)cc5c5ccc(N6CCCC6)c3c5c24)c(C)c1. The number of rotatable bonds is 14. The van der Waals surface area contributed by atoms with Gasteiger partial charge in [-0.15, -0.1) is 0 Å². The highest BCUT2D eigenvalue weighted by Crippen LogP contribution is 2.58. The van der Waals surface area contributed by atoms with Crippen LogP contribution in [0.25, 0.3) is 206 Å². The van der Waals surface area contributed by atoms with Gasteiger partial charge in [0.05, 0.1) is 14.2 Å². The van der Waals surface area contributed by atoms with Crippen LogP contribution < -0.4 is 39.7 Å². The number of nitrogens with one attached hydrogen (secondary N) is 2. The first-order valence-electron chi connectivity index (χ1n) is 46.8. The summed E-state index contributed by atoms with van der Waals surface area (Å²) >= 11 is 0. The number of hydrogen-bond acceptors (Lipinski definition) is 8. The molecule has 0 saturated carbocycles. The summed E-state index contributed by atoms with van der Waals surface area (Å²) in [6.07, 6.45) is 5.04. The van der Waals surface area contributed by atoms with E-state index in [0.29, 0.717) is 12.1 Å². The summed E-state index contributed by atoms with van der Waals surface area (Å²) in [4.78, 5) is 9.92. The zero-order valence-corrected chi connectivity index (χ0v) is 77.8. The third kappa shape index (κ3) is 13.0. The van der Waals surface area contributed by atoms with E-state index in [2.05, 4.69) is 395 Å². The lowest BCUT2D eigenvalue weighted by Crippen LogP contribution is -2.18. The summed E-state index contributed by atoms with van der Waals surface area (Å²) in [5, 5.41) is 47.1. The Morgan fingerprint density at radius 3 is 0.900 bits per heavy atom. The molecule has 2 saturated heterocycles. The zero-order valence-electron chi connectivity index (χ0n) is 77.8. The van der Waals surface area contributed by atoms with Gasteiger partial charge in [-0.2, -0.15) is 0 Å². The van der Waals surface area contributed by atoms with Gasteiger partial charge >= 0.3 is 0 Å². The van der Waals surface area contributed by atoms with Crippen LogP contribution in [0.4, 0.5) is 34.1 Å². The Kier molecular flexibility index (Phi) is 20.1. The maximum atomic E-state index is 5.66. The van der Waals surface area contributed by atoms with E-state index in [-0.39, 0.29) is 0 Å². The van der Waals surface area contributed by atoms with Crippen LogP contribution in [0.15, 0.2) is 267 Å². The Hall–Kier alpha value is -14.1. The Balaban J connectivity index is 0.000000117. The van der Waals surface area contributed by atoms with E-state index in [1.54, 1.807) is 14.2 Å². The van der Waals surface area contributed by atoms with Crippen LogP contribution in [0.2, 0.25) is 0 Å². The van der Waals surface area contributed by atoms with E-state index in [9.17, 15) is 0 Å². The minimum atomic E-state index is 0.312. The van der Waals surface area contributed by atoms with E-state index >= 15 is 0 Å². The number of anilines is 6. The molecule has 0 amide bonds. The van der Waals surface area contributed by atoms with Crippen molar-refractivity contribution >= 4 is 196 Å². The number of ether oxygens (including phenoxy) is 2. The Morgan fingerprint density at radius 1 is 0.262 bits per heavy atom. The molecular formula is C122H112N6O2. The normalized spacial score (nSPS) is 13.2. The van der Waals surface area contributed by atoms with Crippen molar-refractivity contribution in [2.24, 2.45) is 0 Å². The van der Waals surface area contributed by atoms with Crippen LogP contribution in [0.5, 0.6) is 11.5 Å². The van der Waals surface area contributed by atoms with Crippen molar-refractivity contribution in [3.05, 3.63) is 300 Å². The molecule has 22 aromatic rings. The third-order valence-electron chi connectivity index (χ3n) is 28.6. The van der Waals surface area contributed by atoms with Crippen molar-refractivity contribution in [1.29, 1.82) is 0 Å². The molecule has 8 heteroatoms. The van der Waals surface area contributed by atoms with Crippen molar-refractivity contribution in [2.45, 2.75) is 107 Å². The molecule has 0 aliphatic carbocycles. The van der Waals surface area contributed by atoms with Crippen LogP contribution >= 0.6 is 0 Å². The molecule has 0 aromatic heterocycles. The summed E-state index contributed by atoms with van der Waals surface area (Å²) in [5.74, 6) is 1.73. The van der Waals surface area contributed by atoms with E-state index in [0.717, 1.165) is 49.1 Å². The average Bonchev–Trinajstić information content (AvgIpc) is 0.745. The topological polar surface area (TPSA) is 55.5 Å². The van der Waals surface area contributed by atoms with Crippen LogP contribution in [-0.2, 0) is 0 Å². The monoisotopic (exact) mass is 1690 g/mol. The van der Waals surface area contributed by atoms with E-state index < -0.39 is 0 Å². The second kappa shape index (κ2) is 32.0. The molecule has 130 heavy (non-hydrogen) atoms. The Labute approximate surface area is 762 Å². The van der Waals surface area contributed by atoms with E-state index in [1.165, 1.54) is 288 Å².